The number of methoxy groups -OCH3 is 1. The fraction of sp³-hybridized carbons (Fsp3) is 0.389. The average molecular weight is 331 g/mol. The standard InChI is InChI=1S/C18H21NO5/c1-12-8-15(13(2)24-12)18(20)19(6-7-21-3)10-14-4-5-16-17(9-14)23-11-22-16/h4-5,8-9H,6-7,10-11H2,1-3H3. The van der Waals surface area contributed by atoms with Crippen LogP contribution in [0.15, 0.2) is 28.7 Å². The summed E-state index contributed by atoms with van der Waals surface area (Å²) in [5, 5.41) is 0. The lowest BCUT2D eigenvalue weighted by Crippen LogP contribution is -2.33. The molecule has 24 heavy (non-hydrogen) atoms. The summed E-state index contributed by atoms with van der Waals surface area (Å²) in [6.07, 6.45) is 0. The fourth-order valence-electron chi connectivity index (χ4n) is 2.73. The van der Waals surface area contributed by atoms with Crippen molar-refractivity contribution >= 4 is 5.91 Å². The Labute approximate surface area is 140 Å². The molecule has 6 heteroatoms. The Balaban J connectivity index is 1.81. The van der Waals surface area contributed by atoms with Crippen molar-refractivity contribution < 1.29 is 23.4 Å². The Morgan fingerprint density at radius 3 is 2.71 bits per heavy atom. The van der Waals surface area contributed by atoms with E-state index >= 15 is 0 Å². The Kier molecular flexibility index (Phi) is 4.76. The van der Waals surface area contributed by atoms with Gasteiger partial charge in [0.15, 0.2) is 11.5 Å². The van der Waals surface area contributed by atoms with Gasteiger partial charge in [0.25, 0.3) is 5.91 Å². The van der Waals surface area contributed by atoms with Crippen LogP contribution in [0.3, 0.4) is 0 Å². The van der Waals surface area contributed by atoms with Crippen molar-refractivity contribution in [2.45, 2.75) is 20.4 Å². The molecule has 3 rings (SSSR count). The smallest absolute Gasteiger partial charge is 0.257 e. The van der Waals surface area contributed by atoms with Crippen LogP contribution < -0.4 is 9.47 Å². The number of hydrogen-bond acceptors (Lipinski definition) is 5. The zero-order chi connectivity index (χ0) is 17.1. The van der Waals surface area contributed by atoms with Gasteiger partial charge in [-0.15, -0.1) is 0 Å². The Bertz CT molecular complexity index is 737. The van der Waals surface area contributed by atoms with Gasteiger partial charge in [-0.2, -0.15) is 0 Å². The van der Waals surface area contributed by atoms with Crippen LogP contribution in [0.1, 0.15) is 27.4 Å². The minimum Gasteiger partial charge on any atom is -0.466 e. The van der Waals surface area contributed by atoms with Crippen LogP contribution in [-0.2, 0) is 11.3 Å². The highest BCUT2D eigenvalue weighted by molar-refractivity contribution is 5.95. The zero-order valence-corrected chi connectivity index (χ0v) is 14.1. The predicted octanol–water partition coefficient (Wildman–Crippen LogP) is 2.91. The van der Waals surface area contributed by atoms with Crippen LogP contribution in [-0.4, -0.2) is 37.9 Å². The molecule has 128 valence electrons. The van der Waals surface area contributed by atoms with Gasteiger partial charge < -0.3 is 23.5 Å². The zero-order valence-electron chi connectivity index (χ0n) is 14.1. The summed E-state index contributed by atoms with van der Waals surface area (Å²) >= 11 is 0. The third-order valence-corrected chi connectivity index (χ3v) is 3.93. The molecule has 0 atom stereocenters. The molecule has 0 unspecified atom stereocenters. The molecule has 0 N–H and O–H groups in total. The van der Waals surface area contributed by atoms with Gasteiger partial charge in [0.05, 0.1) is 12.2 Å². The molecular weight excluding hydrogens is 310 g/mol. The summed E-state index contributed by atoms with van der Waals surface area (Å²) in [5.41, 5.74) is 1.56. The summed E-state index contributed by atoms with van der Waals surface area (Å²) in [6.45, 7) is 5.29. The third kappa shape index (κ3) is 3.38. The maximum absolute atomic E-state index is 12.9. The number of nitrogens with zero attached hydrogens (tertiary/aromatic N) is 1. The predicted molar refractivity (Wildman–Crippen MR) is 87.4 cm³/mol. The van der Waals surface area contributed by atoms with Crippen LogP contribution in [0.2, 0.25) is 0 Å². The van der Waals surface area contributed by atoms with Gasteiger partial charge in [0.1, 0.15) is 11.5 Å². The first kappa shape index (κ1) is 16.4. The molecule has 0 bridgehead atoms. The maximum atomic E-state index is 12.9. The molecule has 1 amide bonds. The monoisotopic (exact) mass is 331 g/mol. The minimum absolute atomic E-state index is 0.0703. The third-order valence-electron chi connectivity index (χ3n) is 3.93. The largest absolute Gasteiger partial charge is 0.466 e. The van der Waals surface area contributed by atoms with Crippen LogP contribution >= 0.6 is 0 Å². The van der Waals surface area contributed by atoms with E-state index in [0.717, 1.165) is 17.1 Å². The molecule has 0 saturated carbocycles. The topological polar surface area (TPSA) is 61.1 Å². The van der Waals surface area contributed by atoms with E-state index in [0.29, 0.717) is 36.8 Å². The quantitative estimate of drug-likeness (QED) is 0.814. The molecule has 0 saturated heterocycles. The number of benzene rings is 1. The molecule has 0 aliphatic carbocycles. The number of aryl methyl sites for hydroxylation is 2. The first-order chi connectivity index (χ1) is 11.6. The lowest BCUT2D eigenvalue weighted by atomic mass is 10.1. The minimum atomic E-state index is -0.0703. The summed E-state index contributed by atoms with van der Waals surface area (Å²) < 4.78 is 21.4. The van der Waals surface area contributed by atoms with Gasteiger partial charge in [0.2, 0.25) is 6.79 Å². The first-order valence-electron chi connectivity index (χ1n) is 7.82. The van der Waals surface area contributed by atoms with Gasteiger partial charge >= 0.3 is 0 Å². The van der Waals surface area contributed by atoms with Crippen LogP contribution in [0.4, 0.5) is 0 Å². The van der Waals surface area contributed by atoms with E-state index in [4.69, 9.17) is 18.6 Å². The van der Waals surface area contributed by atoms with Crippen molar-refractivity contribution in [2.24, 2.45) is 0 Å². The van der Waals surface area contributed by atoms with Crippen molar-refractivity contribution in [1.29, 1.82) is 0 Å². The van der Waals surface area contributed by atoms with Crippen molar-refractivity contribution in [2.75, 3.05) is 27.1 Å². The molecule has 2 heterocycles. The summed E-state index contributed by atoms with van der Waals surface area (Å²) in [7, 11) is 1.62. The lowest BCUT2D eigenvalue weighted by molar-refractivity contribution is 0.0678. The van der Waals surface area contributed by atoms with Crippen molar-refractivity contribution in [3.8, 4) is 11.5 Å². The molecule has 0 spiro atoms. The average Bonchev–Trinajstić information content (AvgIpc) is 3.16. The van der Waals surface area contributed by atoms with Crippen LogP contribution in [0.25, 0.3) is 0 Å². The summed E-state index contributed by atoms with van der Waals surface area (Å²) in [5.74, 6) is 2.73. The molecule has 6 nitrogen and oxygen atoms in total. The summed E-state index contributed by atoms with van der Waals surface area (Å²) in [4.78, 5) is 14.6. The normalized spacial score (nSPS) is 12.5. The van der Waals surface area contributed by atoms with Gasteiger partial charge in [-0.3, -0.25) is 4.79 Å². The number of carbonyl (C=O) groups excluding carboxylic acids is 1. The van der Waals surface area contributed by atoms with E-state index < -0.39 is 0 Å². The number of fused-ring (bicyclic) bond motifs is 1. The van der Waals surface area contributed by atoms with Crippen molar-refractivity contribution in [1.82, 2.24) is 4.90 Å². The van der Waals surface area contributed by atoms with Crippen LogP contribution in [0, 0.1) is 13.8 Å². The number of furan rings is 1. The molecule has 2 aromatic rings. The van der Waals surface area contributed by atoms with Crippen LogP contribution in [0.5, 0.6) is 11.5 Å². The molecule has 1 aromatic carbocycles. The molecule has 1 aliphatic rings. The number of amides is 1. The highest BCUT2D eigenvalue weighted by Gasteiger charge is 2.22. The highest BCUT2D eigenvalue weighted by Crippen LogP contribution is 2.33. The Morgan fingerprint density at radius 1 is 1.21 bits per heavy atom. The van der Waals surface area contributed by atoms with E-state index in [1.807, 2.05) is 25.1 Å². The molecule has 0 radical (unpaired) electrons. The van der Waals surface area contributed by atoms with E-state index in [1.165, 1.54) is 0 Å². The Morgan fingerprint density at radius 2 is 2.00 bits per heavy atom. The SMILES string of the molecule is COCCN(Cc1ccc2c(c1)OCO2)C(=O)c1cc(C)oc1C. The van der Waals surface area contributed by atoms with Gasteiger partial charge in [0, 0.05) is 20.2 Å². The van der Waals surface area contributed by atoms with E-state index in [1.54, 1.807) is 25.0 Å². The number of rotatable bonds is 6. The maximum Gasteiger partial charge on any atom is 0.257 e. The second-order valence-corrected chi connectivity index (χ2v) is 5.73. The van der Waals surface area contributed by atoms with Gasteiger partial charge in [-0.1, -0.05) is 6.07 Å². The van der Waals surface area contributed by atoms with E-state index in [-0.39, 0.29) is 12.7 Å². The molecular formula is C18H21NO5. The van der Waals surface area contributed by atoms with Gasteiger partial charge in [-0.05, 0) is 37.6 Å². The molecule has 1 aliphatic heterocycles. The first-order valence-corrected chi connectivity index (χ1v) is 7.82. The molecule has 0 fully saturated rings. The number of hydrogen-bond donors (Lipinski definition) is 0. The van der Waals surface area contributed by atoms with E-state index in [2.05, 4.69) is 0 Å². The number of ether oxygens (including phenoxy) is 3. The van der Waals surface area contributed by atoms with Crippen molar-refractivity contribution in [3.05, 3.63) is 46.9 Å². The lowest BCUT2D eigenvalue weighted by Gasteiger charge is -2.22. The second-order valence-electron chi connectivity index (χ2n) is 5.73. The van der Waals surface area contributed by atoms with Crippen molar-refractivity contribution in [3.63, 3.8) is 0 Å². The number of carbonyl (C=O) groups is 1. The fourth-order valence-corrected chi connectivity index (χ4v) is 2.73. The van der Waals surface area contributed by atoms with Gasteiger partial charge in [-0.25, -0.2) is 0 Å². The summed E-state index contributed by atoms with van der Waals surface area (Å²) in [6, 6.07) is 7.48. The highest BCUT2D eigenvalue weighted by atomic mass is 16.7. The second kappa shape index (κ2) is 6.97. The molecule has 1 aromatic heterocycles. The van der Waals surface area contributed by atoms with E-state index in [9.17, 15) is 4.79 Å². The Hall–Kier alpha value is -2.47.